The fraction of sp³-hybridized carbons (Fsp3) is 0.513. The van der Waals surface area contributed by atoms with E-state index in [4.69, 9.17) is 15.9 Å². The molecule has 0 radical (unpaired) electrons. The summed E-state index contributed by atoms with van der Waals surface area (Å²) in [6.07, 6.45) is 18.2. The number of carbonyl (C=O) groups is 3. The first kappa shape index (κ1) is 31.8. The number of carbonyl (C=O) groups excluding carboxylic acids is 3. The van der Waals surface area contributed by atoms with Gasteiger partial charge in [-0.05, 0) is 122 Å². The molecule has 3 saturated carbocycles. The second-order valence-electron chi connectivity index (χ2n) is 15.3. The molecule has 0 aliphatic heterocycles. The van der Waals surface area contributed by atoms with Gasteiger partial charge < -0.3 is 9.47 Å². The Labute approximate surface area is 275 Å². The zero-order chi connectivity index (χ0) is 32.6. The Balaban J connectivity index is 1.36. The van der Waals surface area contributed by atoms with E-state index in [9.17, 15) is 14.4 Å². The monoisotopic (exact) mass is 670 g/mol. The van der Waals surface area contributed by atoms with Crippen molar-refractivity contribution in [2.45, 2.75) is 86.5 Å². The zero-order valence-electron chi connectivity index (χ0n) is 27.3. The third-order valence-corrected chi connectivity index (χ3v) is 13.4. The summed E-state index contributed by atoms with van der Waals surface area (Å²) in [5.41, 5.74) is 3.56. The summed E-state index contributed by atoms with van der Waals surface area (Å²) in [4.78, 5) is 39.9. The zero-order valence-corrected chi connectivity index (χ0v) is 28.9. The van der Waals surface area contributed by atoms with Crippen LogP contribution in [0.5, 0.6) is 0 Å². The van der Waals surface area contributed by atoms with Crippen molar-refractivity contribution in [3.8, 4) is 12.3 Å². The number of ketones is 1. The van der Waals surface area contributed by atoms with Gasteiger partial charge in [0.15, 0.2) is 12.4 Å². The maximum absolute atomic E-state index is 13.6. The van der Waals surface area contributed by atoms with Crippen LogP contribution in [0.15, 0.2) is 75.0 Å². The van der Waals surface area contributed by atoms with Crippen LogP contribution in [0.1, 0.15) is 96.8 Å². The number of terminal acetylenes is 1. The molecule has 0 heterocycles. The lowest BCUT2D eigenvalue weighted by Gasteiger charge is -2.70. The van der Waals surface area contributed by atoms with E-state index < -0.39 is 11.4 Å². The Morgan fingerprint density at radius 2 is 1.67 bits per heavy atom. The van der Waals surface area contributed by atoms with Crippen molar-refractivity contribution < 1.29 is 23.9 Å². The number of hydrogen-bond acceptors (Lipinski definition) is 5. The number of rotatable bonds is 4. The lowest BCUT2D eigenvalue weighted by atomic mass is 9.34. The highest BCUT2D eigenvalue weighted by molar-refractivity contribution is 9.10. The first-order valence-corrected chi connectivity index (χ1v) is 16.9. The molecule has 5 aliphatic rings. The largest absolute Gasteiger partial charge is 0.452 e. The summed E-state index contributed by atoms with van der Waals surface area (Å²) < 4.78 is 12.1. The minimum absolute atomic E-state index is 0.0120. The second-order valence-corrected chi connectivity index (χ2v) is 16.2. The lowest BCUT2D eigenvalue weighted by Crippen LogP contribution is -2.62. The molecule has 0 amide bonds. The van der Waals surface area contributed by atoms with Crippen LogP contribution in [-0.4, -0.2) is 24.3 Å². The van der Waals surface area contributed by atoms with Crippen molar-refractivity contribution in [1.29, 1.82) is 0 Å². The van der Waals surface area contributed by atoms with Crippen molar-refractivity contribution in [1.82, 2.24) is 0 Å². The van der Waals surface area contributed by atoms with Gasteiger partial charge in [-0.25, -0.2) is 4.79 Å². The number of allylic oxidation sites excluding steroid dienone is 7. The molecule has 6 heteroatoms. The topological polar surface area (TPSA) is 69.7 Å². The van der Waals surface area contributed by atoms with Crippen LogP contribution < -0.4 is 0 Å². The highest BCUT2D eigenvalue weighted by Gasteiger charge is 2.67. The van der Waals surface area contributed by atoms with Gasteiger partial charge in [-0.1, -0.05) is 67.3 Å². The van der Waals surface area contributed by atoms with E-state index in [0.29, 0.717) is 17.1 Å². The van der Waals surface area contributed by atoms with Gasteiger partial charge in [0.05, 0.1) is 11.0 Å². The Hall–Kier alpha value is -3.17. The van der Waals surface area contributed by atoms with Crippen LogP contribution in [0.3, 0.4) is 0 Å². The molecule has 6 rings (SSSR count). The highest BCUT2D eigenvalue weighted by Crippen LogP contribution is 2.75. The number of halogens is 1. The molecule has 5 aliphatic carbocycles. The number of esters is 2. The van der Waals surface area contributed by atoms with Gasteiger partial charge in [-0.2, -0.15) is 0 Å². The third-order valence-electron chi connectivity index (χ3n) is 12.9. The van der Waals surface area contributed by atoms with E-state index in [2.05, 4.69) is 68.6 Å². The lowest BCUT2D eigenvalue weighted by molar-refractivity contribution is -0.181. The van der Waals surface area contributed by atoms with Gasteiger partial charge in [-0.15, -0.1) is 6.42 Å². The summed E-state index contributed by atoms with van der Waals surface area (Å²) in [6, 6.07) is 6.91. The van der Waals surface area contributed by atoms with Gasteiger partial charge in [0.2, 0.25) is 5.78 Å². The summed E-state index contributed by atoms with van der Waals surface area (Å²) in [7, 11) is 0. The van der Waals surface area contributed by atoms with E-state index in [1.807, 2.05) is 6.92 Å². The Kier molecular flexibility index (Phi) is 7.56. The molecule has 236 valence electrons. The maximum atomic E-state index is 13.6. The molecule has 5 nitrogen and oxygen atoms in total. The molecule has 45 heavy (non-hydrogen) atoms. The van der Waals surface area contributed by atoms with Crippen molar-refractivity contribution in [3.63, 3.8) is 0 Å². The molecule has 1 aromatic carbocycles. The predicted molar refractivity (Wildman–Crippen MR) is 178 cm³/mol. The average molecular weight is 672 g/mol. The van der Waals surface area contributed by atoms with E-state index in [1.54, 1.807) is 30.3 Å². The van der Waals surface area contributed by atoms with Crippen molar-refractivity contribution in [3.05, 3.63) is 80.6 Å². The SMILES string of the molecule is C#CCOC(=O)[C@]1(C)CC[C@]2(C)CC[C@]3(C)C4=CC=C5C(=CC(=O)C(OC(=O)c6ccc(Br)cc6)=C5C)[C@]4(C)CC[C@@]3(C)[C@@H]2C1. The summed E-state index contributed by atoms with van der Waals surface area (Å²) in [5, 5.41) is 0. The number of ether oxygens (including phenoxy) is 2. The van der Waals surface area contributed by atoms with Gasteiger partial charge in [0.1, 0.15) is 0 Å². The number of hydrogen-bond donors (Lipinski definition) is 0. The Morgan fingerprint density at radius 1 is 0.978 bits per heavy atom. The molecule has 3 fully saturated rings. The van der Waals surface area contributed by atoms with Crippen LogP contribution in [-0.2, 0) is 19.1 Å². The fourth-order valence-electron chi connectivity index (χ4n) is 9.78. The van der Waals surface area contributed by atoms with Crippen LogP contribution in [0.4, 0.5) is 0 Å². The molecule has 0 bridgehead atoms. The van der Waals surface area contributed by atoms with Crippen LogP contribution in [0.2, 0.25) is 0 Å². The van der Waals surface area contributed by atoms with Gasteiger partial charge in [0.25, 0.3) is 0 Å². The van der Waals surface area contributed by atoms with Crippen molar-refractivity contribution in [2.75, 3.05) is 6.61 Å². The summed E-state index contributed by atoms with van der Waals surface area (Å²) in [6.45, 7) is 13.6. The quantitative estimate of drug-likeness (QED) is 0.236. The first-order chi connectivity index (χ1) is 21.1. The Morgan fingerprint density at radius 3 is 2.36 bits per heavy atom. The van der Waals surface area contributed by atoms with E-state index in [1.165, 1.54) is 5.57 Å². The van der Waals surface area contributed by atoms with Crippen molar-refractivity contribution in [2.24, 2.45) is 33.0 Å². The normalized spacial score (nSPS) is 37.0. The molecule has 0 aromatic heterocycles. The van der Waals surface area contributed by atoms with E-state index in [0.717, 1.165) is 60.6 Å². The minimum Gasteiger partial charge on any atom is -0.452 e. The van der Waals surface area contributed by atoms with Crippen molar-refractivity contribution >= 4 is 33.7 Å². The van der Waals surface area contributed by atoms with Gasteiger partial charge >= 0.3 is 11.9 Å². The van der Waals surface area contributed by atoms with Gasteiger partial charge in [0, 0.05) is 15.5 Å². The van der Waals surface area contributed by atoms with Crippen LogP contribution in [0.25, 0.3) is 0 Å². The van der Waals surface area contributed by atoms with Crippen LogP contribution >= 0.6 is 15.9 Å². The average Bonchev–Trinajstić information content (AvgIpc) is 3.00. The third kappa shape index (κ3) is 4.67. The molecular weight excluding hydrogens is 628 g/mol. The standard InChI is InChI=1S/C39H43BrO5/c1-8-21-44-34(43)36(4)16-15-35(3)17-19-38(6)30-14-13-27-24(2)32(45-33(42)25-9-11-26(40)12-10-25)29(41)22-28(27)37(30,5)18-20-39(38,7)31(35)23-36/h1,9-14,22,31H,15-21,23H2,2-7H3/t31-,35-,36-,37+,38-,39+/m1/s1. The van der Waals surface area contributed by atoms with E-state index >= 15 is 0 Å². The molecular formula is C39H43BrO5. The van der Waals surface area contributed by atoms with E-state index in [-0.39, 0.29) is 45.8 Å². The Bertz CT molecular complexity index is 1670. The minimum atomic E-state index is -0.554. The van der Waals surface area contributed by atoms with Crippen LogP contribution in [0, 0.1) is 45.3 Å². The smallest absolute Gasteiger partial charge is 0.343 e. The maximum Gasteiger partial charge on any atom is 0.343 e. The fourth-order valence-corrected chi connectivity index (χ4v) is 10.0. The van der Waals surface area contributed by atoms with Gasteiger partial charge in [-0.3, -0.25) is 9.59 Å². The molecule has 0 saturated heterocycles. The molecule has 0 N–H and O–H groups in total. The first-order valence-electron chi connectivity index (χ1n) is 16.1. The highest BCUT2D eigenvalue weighted by atomic mass is 79.9. The molecule has 6 atom stereocenters. The predicted octanol–water partition coefficient (Wildman–Crippen LogP) is 8.85. The second kappa shape index (κ2) is 10.7. The molecule has 1 aromatic rings. The summed E-state index contributed by atoms with van der Waals surface area (Å²) >= 11 is 3.39. The number of fused-ring (bicyclic) bond motifs is 7. The summed E-state index contributed by atoms with van der Waals surface area (Å²) in [5.74, 6) is 1.89. The molecule has 0 unspecified atom stereocenters. The molecule has 0 spiro atoms. The number of benzene rings is 1.